The number of rotatable bonds is 4. The van der Waals surface area contributed by atoms with Crippen LogP contribution in [0.1, 0.15) is 37.3 Å². The van der Waals surface area contributed by atoms with Crippen LogP contribution in [0.2, 0.25) is 0 Å². The zero-order valence-electron chi connectivity index (χ0n) is 13.9. The van der Waals surface area contributed by atoms with Crippen molar-refractivity contribution in [1.82, 2.24) is 15.5 Å². The van der Waals surface area contributed by atoms with E-state index in [4.69, 9.17) is 0 Å². The monoisotopic (exact) mass is 416 g/mol. The van der Waals surface area contributed by atoms with Crippen molar-refractivity contribution < 1.29 is 0 Å². The SMILES string of the molecule is CN=C(NC)NCc1ccccc1CN1CCCCC1C.I. The molecule has 1 aliphatic heterocycles. The van der Waals surface area contributed by atoms with Gasteiger partial charge in [0.2, 0.25) is 0 Å². The van der Waals surface area contributed by atoms with E-state index in [0.717, 1.165) is 19.0 Å². The van der Waals surface area contributed by atoms with Crippen molar-refractivity contribution in [2.24, 2.45) is 4.99 Å². The maximum atomic E-state index is 4.16. The Morgan fingerprint density at radius 1 is 1.27 bits per heavy atom. The van der Waals surface area contributed by atoms with Gasteiger partial charge in [0, 0.05) is 33.2 Å². The molecular formula is C17H29IN4. The number of halogens is 1. The molecule has 1 aromatic carbocycles. The summed E-state index contributed by atoms with van der Waals surface area (Å²) in [6.45, 7) is 5.44. The average molecular weight is 416 g/mol. The molecule has 1 aliphatic rings. The van der Waals surface area contributed by atoms with Gasteiger partial charge in [-0.3, -0.25) is 9.89 Å². The number of benzene rings is 1. The van der Waals surface area contributed by atoms with Gasteiger partial charge < -0.3 is 10.6 Å². The summed E-state index contributed by atoms with van der Waals surface area (Å²) in [5.41, 5.74) is 2.77. The van der Waals surface area contributed by atoms with Gasteiger partial charge in [-0.05, 0) is 37.4 Å². The van der Waals surface area contributed by atoms with Gasteiger partial charge >= 0.3 is 0 Å². The Morgan fingerprint density at radius 2 is 2.00 bits per heavy atom. The second-order valence-corrected chi connectivity index (χ2v) is 5.76. The number of nitrogens with one attached hydrogen (secondary N) is 2. The molecule has 0 spiro atoms. The van der Waals surface area contributed by atoms with Crippen LogP contribution >= 0.6 is 24.0 Å². The van der Waals surface area contributed by atoms with Crippen molar-refractivity contribution in [3.05, 3.63) is 35.4 Å². The summed E-state index contributed by atoms with van der Waals surface area (Å²) in [7, 11) is 3.68. The van der Waals surface area contributed by atoms with E-state index in [9.17, 15) is 0 Å². The maximum Gasteiger partial charge on any atom is 0.190 e. The molecule has 1 saturated heterocycles. The van der Waals surface area contributed by atoms with Gasteiger partial charge in [0.15, 0.2) is 5.96 Å². The Hall–Kier alpha value is -0.820. The summed E-state index contributed by atoms with van der Waals surface area (Å²) in [5.74, 6) is 0.830. The van der Waals surface area contributed by atoms with E-state index in [1.54, 1.807) is 7.05 Å². The number of nitrogens with zero attached hydrogens (tertiary/aromatic N) is 2. The lowest BCUT2D eigenvalue weighted by Gasteiger charge is -2.33. The Labute approximate surface area is 151 Å². The molecule has 0 aromatic heterocycles. The lowest BCUT2D eigenvalue weighted by Crippen LogP contribution is -2.37. The molecule has 0 bridgehead atoms. The number of likely N-dealkylation sites (tertiary alicyclic amines) is 1. The van der Waals surface area contributed by atoms with Gasteiger partial charge in [0.25, 0.3) is 0 Å². The molecular weight excluding hydrogens is 387 g/mol. The molecule has 2 N–H and O–H groups in total. The van der Waals surface area contributed by atoms with Crippen molar-refractivity contribution in [3.8, 4) is 0 Å². The molecule has 1 aromatic rings. The Bertz CT molecular complexity index is 475. The minimum absolute atomic E-state index is 0. The number of hydrogen-bond donors (Lipinski definition) is 2. The highest BCUT2D eigenvalue weighted by atomic mass is 127. The van der Waals surface area contributed by atoms with E-state index in [-0.39, 0.29) is 24.0 Å². The smallest absolute Gasteiger partial charge is 0.190 e. The molecule has 1 heterocycles. The van der Waals surface area contributed by atoms with Gasteiger partial charge in [-0.25, -0.2) is 0 Å². The normalized spacial score (nSPS) is 19.4. The van der Waals surface area contributed by atoms with E-state index < -0.39 is 0 Å². The van der Waals surface area contributed by atoms with Crippen molar-refractivity contribution >= 4 is 29.9 Å². The molecule has 5 heteroatoms. The van der Waals surface area contributed by atoms with Crippen LogP contribution in [0.5, 0.6) is 0 Å². The third-order valence-electron chi connectivity index (χ3n) is 4.34. The van der Waals surface area contributed by atoms with Crippen LogP contribution in [0, 0.1) is 0 Å². The lowest BCUT2D eigenvalue weighted by molar-refractivity contribution is 0.152. The quantitative estimate of drug-likeness (QED) is 0.451. The fraction of sp³-hybridized carbons (Fsp3) is 0.588. The summed E-state index contributed by atoms with van der Waals surface area (Å²) in [6, 6.07) is 9.41. The average Bonchev–Trinajstić information content (AvgIpc) is 2.52. The summed E-state index contributed by atoms with van der Waals surface area (Å²) < 4.78 is 0. The predicted molar refractivity (Wildman–Crippen MR) is 105 cm³/mol. The van der Waals surface area contributed by atoms with E-state index >= 15 is 0 Å². The van der Waals surface area contributed by atoms with Crippen LogP contribution in [0.4, 0.5) is 0 Å². The second-order valence-electron chi connectivity index (χ2n) is 5.76. The van der Waals surface area contributed by atoms with Crippen molar-refractivity contribution in [2.45, 2.75) is 45.3 Å². The number of aliphatic imine (C=N–C) groups is 1. The van der Waals surface area contributed by atoms with E-state index in [1.807, 2.05) is 7.05 Å². The molecule has 2 rings (SSSR count). The third kappa shape index (κ3) is 5.43. The Morgan fingerprint density at radius 3 is 2.64 bits per heavy atom. The predicted octanol–water partition coefficient (Wildman–Crippen LogP) is 2.97. The van der Waals surface area contributed by atoms with Gasteiger partial charge in [0.05, 0.1) is 0 Å². The molecule has 124 valence electrons. The number of hydrogen-bond acceptors (Lipinski definition) is 2. The first kappa shape index (κ1) is 19.2. The molecule has 22 heavy (non-hydrogen) atoms. The summed E-state index contributed by atoms with van der Waals surface area (Å²) in [4.78, 5) is 6.77. The number of piperidine rings is 1. The molecule has 1 unspecified atom stereocenters. The Balaban J connectivity index is 0.00000242. The largest absolute Gasteiger partial charge is 0.359 e. The van der Waals surface area contributed by atoms with Crippen LogP contribution in [-0.4, -0.2) is 37.5 Å². The highest BCUT2D eigenvalue weighted by Crippen LogP contribution is 2.20. The standard InChI is InChI=1S/C17H28N4.HI/c1-14-8-6-7-11-21(14)13-16-10-5-4-9-15(16)12-20-17(18-2)19-3;/h4-5,9-10,14H,6-8,11-13H2,1-3H3,(H2,18,19,20);1H. The van der Waals surface area contributed by atoms with E-state index in [0.29, 0.717) is 6.04 Å². The molecule has 0 amide bonds. The van der Waals surface area contributed by atoms with Gasteiger partial charge in [0.1, 0.15) is 0 Å². The molecule has 4 nitrogen and oxygen atoms in total. The van der Waals surface area contributed by atoms with Crippen molar-refractivity contribution in [2.75, 3.05) is 20.6 Å². The van der Waals surface area contributed by atoms with Gasteiger partial charge in [-0.2, -0.15) is 0 Å². The molecule has 1 atom stereocenters. The summed E-state index contributed by atoms with van der Waals surface area (Å²) in [5, 5.41) is 6.40. The highest BCUT2D eigenvalue weighted by molar-refractivity contribution is 14.0. The molecule has 0 saturated carbocycles. The third-order valence-corrected chi connectivity index (χ3v) is 4.34. The van der Waals surface area contributed by atoms with Crippen molar-refractivity contribution in [3.63, 3.8) is 0 Å². The fourth-order valence-corrected chi connectivity index (χ4v) is 2.95. The van der Waals surface area contributed by atoms with Crippen LogP contribution in [0.3, 0.4) is 0 Å². The Kier molecular flexibility index (Phi) is 8.78. The fourth-order valence-electron chi connectivity index (χ4n) is 2.95. The zero-order chi connectivity index (χ0) is 15.1. The second kappa shape index (κ2) is 10.0. The number of guanidine groups is 1. The lowest BCUT2D eigenvalue weighted by atomic mass is 10.0. The van der Waals surface area contributed by atoms with E-state index in [2.05, 4.69) is 51.7 Å². The summed E-state index contributed by atoms with van der Waals surface area (Å²) in [6.07, 6.45) is 4.03. The van der Waals surface area contributed by atoms with Crippen LogP contribution in [0.15, 0.2) is 29.3 Å². The first-order chi connectivity index (χ1) is 10.2. The first-order valence-electron chi connectivity index (χ1n) is 7.94. The van der Waals surface area contributed by atoms with Crippen LogP contribution < -0.4 is 10.6 Å². The van der Waals surface area contributed by atoms with Gasteiger partial charge in [-0.1, -0.05) is 30.7 Å². The highest BCUT2D eigenvalue weighted by Gasteiger charge is 2.19. The zero-order valence-corrected chi connectivity index (χ0v) is 16.3. The molecule has 0 aliphatic carbocycles. The van der Waals surface area contributed by atoms with Crippen LogP contribution in [0.25, 0.3) is 0 Å². The first-order valence-corrected chi connectivity index (χ1v) is 7.94. The maximum absolute atomic E-state index is 4.16. The minimum atomic E-state index is 0. The van der Waals surface area contributed by atoms with Crippen molar-refractivity contribution in [1.29, 1.82) is 0 Å². The summed E-state index contributed by atoms with van der Waals surface area (Å²) >= 11 is 0. The molecule has 1 fully saturated rings. The molecule has 0 radical (unpaired) electrons. The van der Waals surface area contributed by atoms with Gasteiger partial charge in [-0.15, -0.1) is 24.0 Å². The minimum Gasteiger partial charge on any atom is -0.359 e. The van der Waals surface area contributed by atoms with E-state index in [1.165, 1.54) is 36.9 Å². The van der Waals surface area contributed by atoms with Crippen LogP contribution in [-0.2, 0) is 13.1 Å². The topological polar surface area (TPSA) is 39.7 Å².